The second-order valence-corrected chi connectivity index (χ2v) is 4.21. The van der Waals surface area contributed by atoms with Crippen molar-refractivity contribution in [1.82, 2.24) is 0 Å². The molecule has 4 heteroatoms. The summed E-state index contributed by atoms with van der Waals surface area (Å²) in [5, 5.41) is 9.51. The van der Waals surface area contributed by atoms with Gasteiger partial charge in [0.15, 0.2) is 0 Å². The van der Waals surface area contributed by atoms with Crippen LogP contribution in [0.3, 0.4) is 0 Å². The van der Waals surface area contributed by atoms with Crippen LogP contribution in [0, 0.1) is 0 Å². The first-order chi connectivity index (χ1) is 6.09. The smallest absolute Gasteiger partial charge is 0.147 e. The molecule has 3 atom stereocenters. The molecule has 0 aromatic carbocycles. The summed E-state index contributed by atoms with van der Waals surface area (Å²) in [7, 11) is 0. The molecule has 0 aliphatic carbocycles. The van der Waals surface area contributed by atoms with Crippen LogP contribution in [0.4, 0.5) is 0 Å². The molecule has 0 spiro atoms. The van der Waals surface area contributed by atoms with Gasteiger partial charge >= 0.3 is 0 Å². The van der Waals surface area contributed by atoms with Gasteiger partial charge in [0.05, 0.1) is 24.4 Å². The fraction of sp³-hybridized carbons (Fsp3) is 1.00. The largest absolute Gasteiger partial charge is 0.388 e. The first-order valence-corrected chi connectivity index (χ1v) is 4.65. The predicted octanol–water partition coefficient (Wildman–Crippen LogP) is 0.288. The minimum absolute atomic E-state index is 0.0264. The van der Waals surface area contributed by atoms with Gasteiger partial charge in [-0.1, -0.05) is 0 Å². The second kappa shape index (κ2) is 3.20. The third kappa shape index (κ3) is 2.02. The molecule has 0 aromatic heterocycles. The fourth-order valence-electron chi connectivity index (χ4n) is 1.62. The van der Waals surface area contributed by atoms with E-state index in [2.05, 4.69) is 0 Å². The molecule has 2 rings (SSSR count). The van der Waals surface area contributed by atoms with E-state index in [1.807, 2.05) is 13.8 Å². The van der Waals surface area contributed by atoms with Crippen molar-refractivity contribution in [2.45, 2.75) is 44.2 Å². The van der Waals surface area contributed by atoms with E-state index >= 15 is 0 Å². The molecule has 2 fully saturated rings. The normalized spacial score (nSPS) is 43.2. The monoisotopic (exact) mass is 188 g/mol. The van der Waals surface area contributed by atoms with Crippen molar-refractivity contribution in [2.75, 3.05) is 13.4 Å². The lowest BCUT2D eigenvalue weighted by Crippen LogP contribution is -2.40. The lowest BCUT2D eigenvalue weighted by Gasteiger charge is -2.27. The average Bonchev–Trinajstić information content (AvgIpc) is 2.64. The first kappa shape index (κ1) is 9.40. The maximum atomic E-state index is 9.51. The first-order valence-electron chi connectivity index (χ1n) is 4.65. The van der Waals surface area contributed by atoms with E-state index in [1.54, 1.807) is 0 Å². The van der Waals surface area contributed by atoms with E-state index < -0.39 is 6.10 Å². The number of aliphatic hydroxyl groups is 1. The van der Waals surface area contributed by atoms with Crippen LogP contribution in [0.2, 0.25) is 0 Å². The molecule has 2 aliphatic heterocycles. The van der Waals surface area contributed by atoms with Crippen molar-refractivity contribution < 1.29 is 19.3 Å². The standard InChI is InChI=1S/C9H16O4/c1-9(2)8(13-9)3-7-6(10)4-11-5-12-7/h6-8,10H,3-5H2,1-2H3. The Labute approximate surface area is 77.8 Å². The third-order valence-corrected chi connectivity index (χ3v) is 2.69. The van der Waals surface area contributed by atoms with Gasteiger partial charge in [-0.2, -0.15) is 0 Å². The van der Waals surface area contributed by atoms with Crippen LogP contribution in [0.1, 0.15) is 20.3 Å². The molecule has 2 aliphatic rings. The van der Waals surface area contributed by atoms with Crippen molar-refractivity contribution in [2.24, 2.45) is 0 Å². The van der Waals surface area contributed by atoms with Crippen molar-refractivity contribution in [3.8, 4) is 0 Å². The summed E-state index contributed by atoms with van der Waals surface area (Å²) in [5.41, 5.74) is -0.0264. The van der Waals surface area contributed by atoms with Crippen LogP contribution in [0.15, 0.2) is 0 Å². The van der Waals surface area contributed by atoms with Gasteiger partial charge in [-0.3, -0.25) is 0 Å². The zero-order valence-electron chi connectivity index (χ0n) is 8.03. The highest BCUT2D eigenvalue weighted by atomic mass is 16.7. The van der Waals surface area contributed by atoms with Gasteiger partial charge in [0.2, 0.25) is 0 Å². The summed E-state index contributed by atoms with van der Waals surface area (Å²) in [5.74, 6) is 0. The Bertz CT molecular complexity index is 192. The highest BCUT2D eigenvalue weighted by molar-refractivity contribution is 4.97. The number of rotatable bonds is 2. The quantitative estimate of drug-likeness (QED) is 0.633. The van der Waals surface area contributed by atoms with Gasteiger partial charge in [-0.05, 0) is 13.8 Å². The molecular formula is C9H16O4. The number of ether oxygens (including phenoxy) is 3. The SMILES string of the molecule is CC1(C)OC1CC1OCOCC1O. The molecule has 3 unspecified atom stereocenters. The van der Waals surface area contributed by atoms with Crippen LogP contribution >= 0.6 is 0 Å². The molecule has 2 saturated heterocycles. The minimum Gasteiger partial charge on any atom is -0.388 e. The van der Waals surface area contributed by atoms with Crippen molar-refractivity contribution >= 4 is 0 Å². The lowest BCUT2D eigenvalue weighted by atomic mass is 10.0. The summed E-state index contributed by atoms with van der Waals surface area (Å²) < 4.78 is 15.7. The predicted molar refractivity (Wildman–Crippen MR) is 45.3 cm³/mol. The van der Waals surface area contributed by atoms with Crippen molar-refractivity contribution in [1.29, 1.82) is 0 Å². The van der Waals surface area contributed by atoms with E-state index in [0.717, 1.165) is 6.42 Å². The third-order valence-electron chi connectivity index (χ3n) is 2.69. The Morgan fingerprint density at radius 3 is 2.69 bits per heavy atom. The number of hydrogen-bond donors (Lipinski definition) is 1. The maximum absolute atomic E-state index is 9.51. The summed E-state index contributed by atoms with van der Waals surface area (Å²) >= 11 is 0. The number of epoxide rings is 1. The summed E-state index contributed by atoms with van der Waals surface area (Å²) in [4.78, 5) is 0. The molecule has 13 heavy (non-hydrogen) atoms. The average molecular weight is 188 g/mol. The molecule has 0 saturated carbocycles. The van der Waals surface area contributed by atoms with E-state index in [-0.39, 0.29) is 24.6 Å². The van der Waals surface area contributed by atoms with E-state index in [9.17, 15) is 5.11 Å². The zero-order valence-corrected chi connectivity index (χ0v) is 8.03. The molecule has 2 heterocycles. The molecular weight excluding hydrogens is 172 g/mol. The van der Waals surface area contributed by atoms with E-state index in [1.165, 1.54) is 0 Å². The van der Waals surface area contributed by atoms with Crippen LogP contribution in [0.25, 0.3) is 0 Å². The van der Waals surface area contributed by atoms with Gasteiger partial charge in [-0.15, -0.1) is 0 Å². The fourth-order valence-corrected chi connectivity index (χ4v) is 1.62. The van der Waals surface area contributed by atoms with Crippen LogP contribution in [0.5, 0.6) is 0 Å². The number of aliphatic hydroxyl groups excluding tert-OH is 1. The Morgan fingerprint density at radius 2 is 2.15 bits per heavy atom. The van der Waals surface area contributed by atoms with Gasteiger partial charge in [-0.25, -0.2) is 0 Å². The van der Waals surface area contributed by atoms with E-state index in [4.69, 9.17) is 14.2 Å². The summed E-state index contributed by atoms with van der Waals surface area (Å²) in [6.07, 6.45) is 0.358. The van der Waals surface area contributed by atoms with Crippen molar-refractivity contribution in [3.63, 3.8) is 0 Å². The molecule has 76 valence electrons. The Hall–Kier alpha value is -0.160. The molecule has 1 N–H and O–H groups in total. The molecule has 0 radical (unpaired) electrons. The summed E-state index contributed by atoms with van der Waals surface area (Å²) in [6, 6.07) is 0. The Morgan fingerprint density at radius 1 is 1.46 bits per heavy atom. The highest BCUT2D eigenvalue weighted by Gasteiger charge is 2.49. The van der Waals surface area contributed by atoms with Gasteiger partial charge in [0.1, 0.15) is 12.9 Å². The maximum Gasteiger partial charge on any atom is 0.147 e. The zero-order chi connectivity index (χ0) is 9.47. The highest BCUT2D eigenvalue weighted by Crippen LogP contribution is 2.39. The second-order valence-electron chi connectivity index (χ2n) is 4.21. The van der Waals surface area contributed by atoms with Crippen molar-refractivity contribution in [3.05, 3.63) is 0 Å². The molecule has 4 nitrogen and oxygen atoms in total. The topological polar surface area (TPSA) is 51.2 Å². The summed E-state index contributed by atoms with van der Waals surface area (Å²) in [6.45, 7) is 4.75. The molecule has 0 aromatic rings. The van der Waals surface area contributed by atoms with Crippen LogP contribution in [-0.4, -0.2) is 42.4 Å². The van der Waals surface area contributed by atoms with Gasteiger partial charge < -0.3 is 19.3 Å². The van der Waals surface area contributed by atoms with E-state index in [0.29, 0.717) is 6.61 Å². The van der Waals surface area contributed by atoms with Gasteiger partial charge in [0.25, 0.3) is 0 Å². The molecule has 0 amide bonds. The van der Waals surface area contributed by atoms with Gasteiger partial charge in [0, 0.05) is 6.42 Å². The molecule has 0 bridgehead atoms. The lowest BCUT2D eigenvalue weighted by molar-refractivity contribution is -0.195. The Kier molecular flexibility index (Phi) is 2.32. The Balaban J connectivity index is 1.81. The van der Waals surface area contributed by atoms with Crippen LogP contribution in [-0.2, 0) is 14.2 Å². The minimum atomic E-state index is -0.506. The number of hydrogen-bond acceptors (Lipinski definition) is 4. The van der Waals surface area contributed by atoms with Crippen LogP contribution < -0.4 is 0 Å².